The van der Waals surface area contributed by atoms with Crippen LogP contribution in [0.3, 0.4) is 0 Å². The zero-order valence-corrected chi connectivity index (χ0v) is 15.5. The summed E-state index contributed by atoms with van der Waals surface area (Å²) in [5.41, 5.74) is 0. The molecule has 0 aromatic carbocycles. The Bertz CT molecular complexity index is 592. The number of carbonyl (C=O) groups is 2. The summed E-state index contributed by atoms with van der Waals surface area (Å²) in [4.78, 5) is 29.6. The van der Waals surface area contributed by atoms with E-state index in [9.17, 15) is 30.0 Å². The number of amides is 2. The summed E-state index contributed by atoms with van der Waals surface area (Å²) >= 11 is 0. The third-order valence-electron chi connectivity index (χ3n) is 5.10. The normalized spacial score (nSPS) is 43.5. The van der Waals surface area contributed by atoms with Gasteiger partial charge in [0.25, 0.3) is 0 Å². The molecule has 0 aliphatic carbocycles. The fraction of sp³-hybridized carbons (Fsp3) is 0.875. The lowest BCUT2D eigenvalue weighted by molar-refractivity contribution is -0.306. The van der Waals surface area contributed by atoms with Crippen molar-refractivity contribution in [1.29, 1.82) is 0 Å². The summed E-state index contributed by atoms with van der Waals surface area (Å²) in [6, 6.07) is -1.94. The van der Waals surface area contributed by atoms with Crippen LogP contribution >= 0.6 is 0 Å². The second-order valence-corrected chi connectivity index (χ2v) is 7.07. The van der Waals surface area contributed by atoms with Gasteiger partial charge in [0.15, 0.2) is 6.29 Å². The molecule has 0 spiro atoms. The van der Waals surface area contributed by atoms with Gasteiger partial charge in [-0.05, 0) is 0 Å². The summed E-state index contributed by atoms with van der Waals surface area (Å²) in [6.07, 6.45) is -8.20. The molecule has 12 heteroatoms. The summed E-state index contributed by atoms with van der Waals surface area (Å²) in [7, 11) is 0. The first-order chi connectivity index (χ1) is 13.3. The summed E-state index contributed by atoms with van der Waals surface area (Å²) < 4.78 is 17.0. The standard InChI is InChI=1S/C16H26N2O10/c1-6(21)17-8-5-25-10(4-20)15-14(8)28-18(7(2)22)11-13(24)12(23)9(3-19)26-16(11)27-15/h8-16,19-20,23-24H,3-5H2,1-2H3,(H,17,21)/t8-,9+,10+,11+,12+,13+,14+,15+,16-/m0/s1. The molecule has 12 nitrogen and oxygen atoms in total. The number of nitrogens with one attached hydrogen (secondary N) is 1. The van der Waals surface area contributed by atoms with Gasteiger partial charge in [-0.3, -0.25) is 14.4 Å². The maximum absolute atomic E-state index is 12.2. The van der Waals surface area contributed by atoms with E-state index in [0.29, 0.717) is 0 Å². The second kappa shape index (κ2) is 8.55. The molecule has 160 valence electrons. The van der Waals surface area contributed by atoms with Crippen LogP contribution in [-0.4, -0.2) is 112 Å². The van der Waals surface area contributed by atoms with Crippen LogP contribution in [0, 0.1) is 0 Å². The van der Waals surface area contributed by atoms with Crippen molar-refractivity contribution in [2.75, 3.05) is 19.8 Å². The average Bonchev–Trinajstić information content (AvgIpc) is 2.82. The fourth-order valence-corrected chi connectivity index (χ4v) is 3.77. The molecule has 3 heterocycles. The summed E-state index contributed by atoms with van der Waals surface area (Å²) in [5, 5.41) is 43.3. The number of carbonyl (C=O) groups excluding carboxylic acids is 2. The van der Waals surface area contributed by atoms with E-state index in [1.165, 1.54) is 13.8 Å². The number of aliphatic hydroxyl groups is 4. The minimum atomic E-state index is -1.53. The van der Waals surface area contributed by atoms with Crippen LogP contribution in [0.2, 0.25) is 0 Å². The number of aliphatic hydroxyl groups excluding tert-OH is 4. The van der Waals surface area contributed by atoms with Gasteiger partial charge in [-0.2, -0.15) is 0 Å². The van der Waals surface area contributed by atoms with Gasteiger partial charge in [0, 0.05) is 13.8 Å². The van der Waals surface area contributed by atoms with Gasteiger partial charge in [0.1, 0.15) is 42.7 Å². The van der Waals surface area contributed by atoms with Gasteiger partial charge >= 0.3 is 0 Å². The van der Waals surface area contributed by atoms with Gasteiger partial charge < -0.3 is 40.0 Å². The zero-order valence-electron chi connectivity index (χ0n) is 15.5. The minimum Gasteiger partial charge on any atom is -0.394 e. The Hall–Kier alpha value is -1.38. The first-order valence-electron chi connectivity index (χ1n) is 9.02. The van der Waals surface area contributed by atoms with Gasteiger partial charge in [-0.15, -0.1) is 0 Å². The predicted octanol–water partition coefficient (Wildman–Crippen LogP) is -3.76. The zero-order chi connectivity index (χ0) is 20.6. The van der Waals surface area contributed by atoms with Gasteiger partial charge in [-0.25, -0.2) is 5.06 Å². The molecule has 2 amide bonds. The van der Waals surface area contributed by atoms with E-state index in [1.807, 2.05) is 0 Å². The Morgan fingerprint density at radius 3 is 2.29 bits per heavy atom. The molecule has 3 saturated heterocycles. The molecule has 0 bridgehead atoms. The quantitative estimate of drug-likeness (QED) is 0.314. The molecule has 0 aromatic rings. The number of hydrogen-bond donors (Lipinski definition) is 5. The maximum atomic E-state index is 12.2. The molecule has 3 fully saturated rings. The number of rotatable bonds is 3. The van der Waals surface area contributed by atoms with Crippen molar-refractivity contribution in [3.05, 3.63) is 0 Å². The van der Waals surface area contributed by atoms with Gasteiger partial charge in [0.05, 0.1) is 25.9 Å². The number of nitrogens with zero attached hydrogens (tertiary/aromatic N) is 1. The Kier molecular flexibility index (Phi) is 6.51. The number of ether oxygens (including phenoxy) is 3. The monoisotopic (exact) mass is 406 g/mol. The summed E-state index contributed by atoms with van der Waals surface area (Å²) in [6.45, 7) is 1.49. The second-order valence-electron chi connectivity index (χ2n) is 7.07. The Labute approximate surface area is 160 Å². The number of fused-ring (bicyclic) bond motifs is 2. The molecule has 3 aliphatic rings. The van der Waals surface area contributed by atoms with Gasteiger partial charge in [0.2, 0.25) is 11.8 Å². The van der Waals surface area contributed by atoms with Crippen LogP contribution in [0.1, 0.15) is 13.8 Å². The van der Waals surface area contributed by atoms with Crippen LogP contribution < -0.4 is 5.32 Å². The van der Waals surface area contributed by atoms with Crippen molar-refractivity contribution in [3.63, 3.8) is 0 Å². The maximum Gasteiger partial charge on any atom is 0.243 e. The first-order valence-corrected chi connectivity index (χ1v) is 9.02. The lowest BCUT2D eigenvalue weighted by atomic mass is 9.96. The lowest BCUT2D eigenvalue weighted by Gasteiger charge is -2.44. The van der Waals surface area contributed by atoms with Gasteiger partial charge in [-0.1, -0.05) is 0 Å². The third kappa shape index (κ3) is 3.86. The van der Waals surface area contributed by atoms with E-state index in [4.69, 9.17) is 19.0 Å². The Morgan fingerprint density at radius 1 is 1.04 bits per heavy atom. The molecule has 3 rings (SSSR count). The van der Waals surface area contributed by atoms with Crippen molar-refractivity contribution in [2.24, 2.45) is 0 Å². The highest BCUT2D eigenvalue weighted by Gasteiger charge is 2.56. The fourth-order valence-electron chi connectivity index (χ4n) is 3.77. The average molecular weight is 406 g/mol. The van der Waals surface area contributed by atoms with Crippen molar-refractivity contribution in [3.8, 4) is 0 Å². The molecule has 0 radical (unpaired) electrons. The number of hydroxylamine groups is 2. The van der Waals surface area contributed by atoms with Crippen LogP contribution in [0.15, 0.2) is 0 Å². The van der Waals surface area contributed by atoms with Crippen molar-refractivity contribution in [1.82, 2.24) is 10.4 Å². The van der Waals surface area contributed by atoms with Crippen LogP contribution in [0.4, 0.5) is 0 Å². The highest BCUT2D eigenvalue weighted by molar-refractivity contribution is 5.73. The molecule has 0 unspecified atom stereocenters. The summed E-state index contributed by atoms with van der Waals surface area (Å²) in [5.74, 6) is -0.952. The smallest absolute Gasteiger partial charge is 0.243 e. The highest BCUT2D eigenvalue weighted by atomic mass is 16.8. The van der Waals surface area contributed by atoms with E-state index in [1.54, 1.807) is 0 Å². The van der Waals surface area contributed by atoms with Crippen molar-refractivity contribution in [2.45, 2.75) is 68.8 Å². The SMILES string of the molecule is CC(=O)N[C@H]1CO[C@H](CO)[C@H]2O[C@@H]3O[C@H](CO)[C@@H](O)[C@H](O)[C@H]3N(C(C)=O)O[C@@H]21. The van der Waals surface area contributed by atoms with E-state index in [-0.39, 0.29) is 12.5 Å². The Balaban J connectivity index is 1.97. The molecule has 28 heavy (non-hydrogen) atoms. The topological polar surface area (TPSA) is 167 Å². The predicted molar refractivity (Wildman–Crippen MR) is 88.2 cm³/mol. The van der Waals surface area contributed by atoms with E-state index < -0.39 is 74.1 Å². The van der Waals surface area contributed by atoms with Crippen LogP contribution in [-0.2, 0) is 28.6 Å². The minimum absolute atomic E-state index is 0.00170. The largest absolute Gasteiger partial charge is 0.394 e. The molecular weight excluding hydrogens is 380 g/mol. The van der Waals surface area contributed by atoms with Crippen LogP contribution in [0.5, 0.6) is 0 Å². The molecule has 0 aromatic heterocycles. The Morgan fingerprint density at radius 2 is 1.71 bits per heavy atom. The molecule has 9 atom stereocenters. The lowest BCUT2D eigenvalue weighted by Crippen LogP contribution is -2.64. The molecule has 5 N–H and O–H groups in total. The van der Waals surface area contributed by atoms with E-state index in [2.05, 4.69) is 5.32 Å². The van der Waals surface area contributed by atoms with Crippen molar-refractivity contribution < 1.29 is 49.1 Å². The molecule has 0 saturated carbocycles. The van der Waals surface area contributed by atoms with Crippen LogP contribution in [0.25, 0.3) is 0 Å². The molecular formula is C16H26N2O10. The van der Waals surface area contributed by atoms with E-state index >= 15 is 0 Å². The third-order valence-corrected chi connectivity index (χ3v) is 5.10. The first kappa shape index (κ1) is 21.3. The number of hydrogen-bond acceptors (Lipinski definition) is 10. The molecule has 3 aliphatic heterocycles. The van der Waals surface area contributed by atoms with Crippen molar-refractivity contribution >= 4 is 11.8 Å². The highest BCUT2D eigenvalue weighted by Crippen LogP contribution is 2.35. The van der Waals surface area contributed by atoms with E-state index in [0.717, 1.165) is 5.06 Å².